The maximum atomic E-state index is 12.9. The molecule has 2 aromatic heterocycles. The number of pyridine rings is 1. The number of nitrogens with two attached hydrogens (primary N) is 1. The summed E-state index contributed by atoms with van der Waals surface area (Å²) in [5, 5.41) is -0.334. The van der Waals surface area contributed by atoms with E-state index in [9.17, 15) is 13.2 Å². The van der Waals surface area contributed by atoms with E-state index in [0.717, 1.165) is 4.31 Å². The molecule has 0 aliphatic carbocycles. The van der Waals surface area contributed by atoms with E-state index in [1.807, 2.05) is 0 Å². The molecule has 2 aromatic rings. The predicted molar refractivity (Wildman–Crippen MR) is 77.9 cm³/mol. The van der Waals surface area contributed by atoms with E-state index in [1.54, 1.807) is 24.4 Å². The van der Waals surface area contributed by atoms with Crippen LogP contribution in [0.25, 0.3) is 5.65 Å². The number of carbonyl (C=O) groups excluding carboxylic acids is 1. The van der Waals surface area contributed by atoms with Gasteiger partial charge in [-0.1, -0.05) is 17.7 Å². The number of halogens is 1. The molecule has 0 unspecified atom stereocenters. The van der Waals surface area contributed by atoms with Crippen molar-refractivity contribution in [2.24, 2.45) is 5.73 Å². The number of hydrogen-bond acceptors (Lipinski definition) is 5. The summed E-state index contributed by atoms with van der Waals surface area (Å²) in [6.07, 6.45) is 1.54. The van der Waals surface area contributed by atoms with Crippen molar-refractivity contribution in [1.82, 2.24) is 13.7 Å². The zero-order chi connectivity index (χ0) is 15.9. The smallest absolute Gasteiger partial charge is 0.263 e. The summed E-state index contributed by atoms with van der Waals surface area (Å²) < 4.78 is 33.4. The van der Waals surface area contributed by atoms with Crippen LogP contribution in [0.3, 0.4) is 0 Å². The Morgan fingerprint density at radius 1 is 1.45 bits per heavy atom. The number of morpholine rings is 1. The number of imidazole rings is 1. The fourth-order valence-corrected chi connectivity index (χ4v) is 4.56. The Bertz CT molecular complexity index is 835. The molecule has 1 atom stereocenters. The third kappa shape index (κ3) is 2.35. The predicted octanol–water partition coefficient (Wildman–Crippen LogP) is -0.138. The molecule has 1 aliphatic heterocycles. The van der Waals surface area contributed by atoms with Crippen LogP contribution in [0.2, 0.25) is 5.15 Å². The number of amides is 1. The topological polar surface area (TPSA) is 107 Å². The Hall–Kier alpha value is -1.68. The van der Waals surface area contributed by atoms with E-state index in [1.165, 1.54) is 4.40 Å². The fraction of sp³-hybridized carbons (Fsp3) is 0.333. The van der Waals surface area contributed by atoms with E-state index in [0.29, 0.717) is 5.65 Å². The fourth-order valence-electron chi connectivity index (χ4n) is 2.39. The Balaban J connectivity index is 2.15. The van der Waals surface area contributed by atoms with Crippen LogP contribution in [0.1, 0.15) is 0 Å². The molecule has 0 radical (unpaired) electrons. The first kappa shape index (κ1) is 15.2. The summed E-state index contributed by atoms with van der Waals surface area (Å²) in [7, 11) is -4.05. The monoisotopic (exact) mass is 344 g/mol. The van der Waals surface area contributed by atoms with Crippen LogP contribution in [0, 0.1) is 0 Å². The van der Waals surface area contributed by atoms with Crippen molar-refractivity contribution in [2.45, 2.75) is 11.1 Å². The first-order chi connectivity index (χ1) is 10.4. The maximum absolute atomic E-state index is 12.9. The zero-order valence-corrected chi connectivity index (χ0v) is 12.9. The molecule has 0 saturated carbocycles. The van der Waals surface area contributed by atoms with Crippen LogP contribution < -0.4 is 5.73 Å². The Kier molecular flexibility index (Phi) is 3.81. The van der Waals surface area contributed by atoms with Gasteiger partial charge in [0.15, 0.2) is 10.2 Å². The molecule has 0 aromatic carbocycles. The number of hydrogen-bond donors (Lipinski definition) is 1. The van der Waals surface area contributed by atoms with Crippen molar-refractivity contribution in [1.29, 1.82) is 0 Å². The molecule has 10 heteroatoms. The summed E-state index contributed by atoms with van der Waals surface area (Å²) in [6, 6.07) is 3.95. The standard InChI is InChI=1S/C12H13ClN4O4S/c13-10-12(16-4-2-1-3-9(16)15-10)22(19,20)17-5-6-21-7-8(17)11(14)18/h1-4,8H,5-7H2,(H2,14,18)/t8-/m0/s1. The van der Waals surface area contributed by atoms with Crippen molar-refractivity contribution >= 4 is 33.2 Å². The lowest BCUT2D eigenvalue weighted by Gasteiger charge is -2.32. The Morgan fingerprint density at radius 3 is 2.95 bits per heavy atom. The van der Waals surface area contributed by atoms with Gasteiger partial charge in [-0.15, -0.1) is 0 Å². The van der Waals surface area contributed by atoms with Crippen LogP contribution in [-0.4, -0.2) is 53.8 Å². The summed E-state index contributed by atoms with van der Waals surface area (Å²) in [5.74, 6) is -0.770. The van der Waals surface area contributed by atoms with E-state index in [-0.39, 0.29) is 29.9 Å². The SMILES string of the molecule is NC(=O)[C@@H]1COCCN1S(=O)(=O)c1c(Cl)nc2ccccn12. The first-order valence-corrected chi connectivity index (χ1v) is 8.26. The normalized spacial score (nSPS) is 20.3. The van der Waals surface area contributed by atoms with Crippen molar-refractivity contribution in [2.75, 3.05) is 19.8 Å². The number of carbonyl (C=O) groups is 1. The number of fused-ring (bicyclic) bond motifs is 1. The molecule has 8 nitrogen and oxygen atoms in total. The van der Waals surface area contributed by atoms with E-state index in [4.69, 9.17) is 22.1 Å². The van der Waals surface area contributed by atoms with Gasteiger partial charge >= 0.3 is 0 Å². The van der Waals surface area contributed by atoms with Gasteiger partial charge in [0, 0.05) is 12.7 Å². The summed E-state index contributed by atoms with van der Waals surface area (Å²) in [5.41, 5.74) is 5.68. The quantitative estimate of drug-likeness (QED) is 0.834. The zero-order valence-electron chi connectivity index (χ0n) is 11.3. The summed E-state index contributed by atoms with van der Waals surface area (Å²) in [6.45, 7) is 0.118. The Labute approximate surface area is 131 Å². The lowest BCUT2D eigenvalue weighted by atomic mass is 10.3. The van der Waals surface area contributed by atoms with Gasteiger partial charge in [-0.3, -0.25) is 9.20 Å². The number of sulfonamides is 1. The second kappa shape index (κ2) is 5.51. The number of aromatic nitrogens is 2. The average Bonchev–Trinajstić information content (AvgIpc) is 2.83. The van der Waals surface area contributed by atoms with Gasteiger partial charge in [0.2, 0.25) is 5.91 Å². The molecule has 3 rings (SSSR count). The van der Waals surface area contributed by atoms with Crippen LogP contribution in [0.15, 0.2) is 29.4 Å². The largest absolute Gasteiger partial charge is 0.378 e. The van der Waals surface area contributed by atoms with Gasteiger partial charge in [-0.25, -0.2) is 13.4 Å². The lowest BCUT2D eigenvalue weighted by molar-refractivity contribution is -0.125. The molecule has 1 fully saturated rings. The second-order valence-electron chi connectivity index (χ2n) is 4.75. The molecule has 1 saturated heterocycles. The van der Waals surface area contributed by atoms with Crippen LogP contribution in [0.5, 0.6) is 0 Å². The molecule has 0 spiro atoms. The van der Waals surface area contributed by atoms with Crippen molar-refractivity contribution < 1.29 is 17.9 Å². The molecular formula is C12H13ClN4O4S. The summed E-state index contributed by atoms with van der Waals surface area (Å²) >= 11 is 6.01. The first-order valence-electron chi connectivity index (χ1n) is 6.44. The van der Waals surface area contributed by atoms with Crippen LogP contribution in [0.4, 0.5) is 0 Å². The highest BCUT2D eigenvalue weighted by Gasteiger charge is 2.40. The third-order valence-corrected chi connectivity index (χ3v) is 5.72. The minimum absolute atomic E-state index is 0.0202. The van der Waals surface area contributed by atoms with E-state index < -0.39 is 22.0 Å². The molecule has 22 heavy (non-hydrogen) atoms. The summed E-state index contributed by atoms with van der Waals surface area (Å²) in [4.78, 5) is 15.5. The molecule has 1 aliphatic rings. The second-order valence-corrected chi connectivity index (χ2v) is 6.91. The lowest BCUT2D eigenvalue weighted by Crippen LogP contribution is -2.54. The maximum Gasteiger partial charge on any atom is 0.263 e. The number of ether oxygens (including phenoxy) is 1. The minimum Gasteiger partial charge on any atom is -0.378 e. The van der Waals surface area contributed by atoms with Gasteiger partial charge in [0.05, 0.1) is 13.2 Å². The molecule has 0 bridgehead atoms. The van der Waals surface area contributed by atoms with Crippen molar-refractivity contribution in [3.05, 3.63) is 29.5 Å². The highest BCUT2D eigenvalue weighted by molar-refractivity contribution is 7.89. The van der Waals surface area contributed by atoms with Gasteiger partial charge in [-0.05, 0) is 12.1 Å². The molecular weight excluding hydrogens is 332 g/mol. The van der Waals surface area contributed by atoms with Gasteiger partial charge in [0.25, 0.3) is 10.0 Å². The molecule has 1 amide bonds. The van der Waals surface area contributed by atoms with Crippen LogP contribution >= 0.6 is 11.6 Å². The Morgan fingerprint density at radius 2 is 2.23 bits per heavy atom. The van der Waals surface area contributed by atoms with Crippen molar-refractivity contribution in [3.8, 4) is 0 Å². The van der Waals surface area contributed by atoms with Gasteiger partial charge in [-0.2, -0.15) is 4.31 Å². The van der Waals surface area contributed by atoms with E-state index >= 15 is 0 Å². The third-order valence-electron chi connectivity index (χ3n) is 3.41. The van der Waals surface area contributed by atoms with Gasteiger partial charge in [0.1, 0.15) is 11.7 Å². The van der Waals surface area contributed by atoms with Crippen molar-refractivity contribution in [3.63, 3.8) is 0 Å². The molecule has 3 heterocycles. The minimum atomic E-state index is -4.05. The number of nitrogens with zero attached hydrogens (tertiary/aromatic N) is 3. The highest BCUT2D eigenvalue weighted by Crippen LogP contribution is 2.27. The molecule has 118 valence electrons. The average molecular weight is 345 g/mol. The van der Waals surface area contributed by atoms with Crippen LogP contribution in [-0.2, 0) is 19.6 Å². The van der Waals surface area contributed by atoms with Gasteiger partial charge < -0.3 is 10.5 Å². The van der Waals surface area contributed by atoms with E-state index in [2.05, 4.69) is 4.98 Å². The highest BCUT2D eigenvalue weighted by atomic mass is 35.5. The number of rotatable bonds is 3. The molecule has 2 N–H and O–H groups in total. The number of primary amides is 1.